The van der Waals surface area contributed by atoms with Gasteiger partial charge in [0.05, 0.1) is 10.9 Å². The van der Waals surface area contributed by atoms with E-state index in [2.05, 4.69) is 36.5 Å². The molecule has 5 heteroatoms. The van der Waals surface area contributed by atoms with Gasteiger partial charge in [0.1, 0.15) is 0 Å². The quantitative estimate of drug-likeness (QED) is 0.814. The molecule has 2 nitrogen and oxygen atoms in total. The molecule has 0 saturated heterocycles. The number of anilines is 1. The van der Waals surface area contributed by atoms with E-state index < -0.39 is 0 Å². The minimum atomic E-state index is 0.707. The smallest absolute Gasteiger partial charge is 0.173 e. The molecule has 0 saturated carbocycles. The molecule has 0 aliphatic heterocycles. The summed E-state index contributed by atoms with van der Waals surface area (Å²) in [6.07, 6.45) is 1.05. The fraction of sp³-hybridized carbons (Fsp3) is 0.267. The minimum Gasteiger partial charge on any atom is -0.347 e. The third-order valence-electron chi connectivity index (χ3n) is 2.98. The van der Waals surface area contributed by atoms with E-state index in [-0.39, 0.29) is 0 Å². The molecule has 0 radical (unpaired) electrons. The van der Waals surface area contributed by atoms with Crippen molar-refractivity contribution in [3.8, 4) is 0 Å². The lowest BCUT2D eigenvalue weighted by Crippen LogP contribution is -2.30. The number of nitrogens with one attached hydrogen (secondary N) is 1. The highest BCUT2D eigenvalue weighted by Gasteiger charge is 2.07. The fourth-order valence-electron chi connectivity index (χ4n) is 1.78. The number of hydrogen-bond donors (Lipinski definition) is 1. The van der Waals surface area contributed by atoms with E-state index in [0.29, 0.717) is 5.11 Å². The Hall–Kier alpha value is -1.10. The van der Waals surface area contributed by atoms with Crippen LogP contribution in [-0.4, -0.2) is 17.1 Å². The van der Waals surface area contributed by atoms with Crippen LogP contribution in [0.4, 0.5) is 5.69 Å². The van der Waals surface area contributed by atoms with Gasteiger partial charge in [0, 0.05) is 17.6 Å². The Morgan fingerprint density at radius 3 is 2.50 bits per heavy atom. The lowest BCUT2D eigenvalue weighted by molar-refractivity contribution is 0.514. The van der Waals surface area contributed by atoms with Crippen LogP contribution < -0.4 is 5.32 Å². The Morgan fingerprint density at radius 1 is 1.25 bits per heavy atom. The van der Waals surface area contributed by atoms with Crippen LogP contribution in [-0.2, 0) is 13.0 Å². The van der Waals surface area contributed by atoms with Crippen molar-refractivity contribution in [2.45, 2.75) is 19.9 Å². The number of benzene rings is 1. The van der Waals surface area contributed by atoms with Crippen LogP contribution in [0.25, 0.3) is 0 Å². The molecule has 0 fully saturated rings. The van der Waals surface area contributed by atoms with Gasteiger partial charge in [0.2, 0.25) is 0 Å². The van der Waals surface area contributed by atoms with Gasteiger partial charge in [0.15, 0.2) is 5.11 Å². The third-order valence-corrected chi connectivity index (χ3v) is 4.61. The molecule has 0 aliphatic carbocycles. The molecule has 0 bridgehead atoms. The van der Waals surface area contributed by atoms with E-state index >= 15 is 0 Å². The molecule has 1 heterocycles. The molecule has 0 amide bonds. The maximum Gasteiger partial charge on any atom is 0.173 e. The molecule has 1 aromatic heterocycles. The van der Waals surface area contributed by atoms with Gasteiger partial charge in [-0.1, -0.05) is 30.7 Å². The molecule has 0 aliphatic rings. The van der Waals surface area contributed by atoms with E-state index in [9.17, 15) is 0 Å². The van der Waals surface area contributed by atoms with Crippen molar-refractivity contribution in [3.63, 3.8) is 0 Å². The molecule has 2 rings (SSSR count). The normalized spacial score (nSPS) is 10.3. The Morgan fingerprint density at radius 2 is 1.95 bits per heavy atom. The van der Waals surface area contributed by atoms with Crippen molar-refractivity contribution in [1.29, 1.82) is 0 Å². The molecule has 2 aromatic rings. The van der Waals surface area contributed by atoms with Crippen molar-refractivity contribution in [2.75, 3.05) is 12.4 Å². The molecule has 1 aromatic carbocycles. The monoisotopic (exact) mass is 324 g/mol. The SMILES string of the molecule is CCc1ccc(NC(=S)N(C)Cc2ccc(Cl)s2)cc1. The highest BCUT2D eigenvalue weighted by molar-refractivity contribution is 7.80. The second-order valence-electron chi connectivity index (χ2n) is 4.54. The summed E-state index contributed by atoms with van der Waals surface area (Å²) in [7, 11) is 1.98. The maximum absolute atomic E-state index is 5.93. The van der Waals surface area contributed by atoms with Gasteiger partial charge in [-0.05, 0) is 48.5 Å². The lowest BCUT2D eigenvalue weighted by Gasteiger charge is -2.20. The van der Waals surface area contributed by atoms with Crippen LogP contribution in [0.2, 0.25) is 4.34 Å². The summed E-state index contributed by atoms with van der Waals surface area (Å²) in [5.74, 6) is 0. The van der Waals surface area contributed by atoms with Gasteiger partial charge in [-0.3, -0.25) is 0 Å². The van der Waals surface area contributed by atoms with Crippen LogP contribution in [0.15, 0.2) is 36.4 Å². The van der Waals surface area contributed by atoms with Crippen molar-refractivity contribution in [2.24, 2.45) is 0 Å². The van der Waals surface area contributed by atoms with Gasteiger partial charge in [-0.25, -0.2) is 0 Å². The zero-order valence-corrected chi connectivity index (χ0v) is 13.9. The fourth-order valence-corrected chi connectivity index (χ4v) is 3.11. The molecule has 0 atom stereocenters. The Bertz CT molecular complexity index is 578. The first-order chi connectivity index (χ1) is 9.58. The summed E-state index contributed by atoms with van der Waals surface area (Å²) < 4.78 is 0.808. The van der Waals surface area contributed by atoms with Crippen molar-refractivity contribution in [1.82, 2.24) is 4.90 Å². The second-order valence-corrected chi connectivity index (χ2v) is 6.73. The number of rotatable bonds is 4. The van der Waals surface area contributed by atoms with E-state index in [1.54, 1.807) is 11.3 Å². The zero-order valence-electron chi connectivity index (χ0n) is 11.5. The van der Waals surface area contributed by atoms with Crippen LogP contribution in [0.3, 0.4) is 0 Å². The summed E-state index contributed by atoms with van der Waals surface area (Å²) in [5, 5.41) is 3.96. The van der Waals surface area contributed by atoms with Gasteiger partial charge in [-0.2, -0.15) is 0 Å². The molecule has 1 N–H and O–H groups in total. The lowest BCUT2D eigenvalue weighted by atomic mass is 10.1. The first kappa shape index (κ1) is 15.3. The standard InChI is InChI=1S/C15H17ClN2S2/c1-3-11-4-6-12(7-5-11)17-15(19)18(2)10-13-8-9-14(16)20-13/h4-9H,3,10H2,1-2H3,(H,17,19). The number of hydrogen-bond acceptors (Lipinski definition) is 2. The van der Waals surface area contributed by atoms with Crippen molar-refractivity contribution >= 4 is 46.0 Å². The molecular formula is C15H17ClN2S2. The predicted octanol–water partition coefficient (Wildman–Crippen LogP) is 4.79. The highest BCUT2D eigenvalue weighted by Crippen LogP contribution is 2.22. The van der Waals surface area contributed by atoms with Gasteiger partial charge < -0.3 is 10.2 Å². The second kappa shape index (κ2) is 7.07. The van der Waals surface area contributed by atoms with Crippen LogP contribution in [0.5, 0.6) is 0 Å². The van der Waals surface area contributed by atoms with Crippen molar-refractivity contribution < 1.29 is 0 Å². The average Bonchev–Trinajstić information content (AvgIpc) is 2.85. The summed E-state index contributed by atoms with van der Waals surface area (Å²) in [6, 6.07) is 12.3. The Kier molecular flexibility index (Phi) is 5.40. The van der Waals surface area contributed by atoms with Gasteiger partial charge in [0.25, 0.3) is 0 Å². The predicted molar refractivity (Wildman–Crippen MR) is 92.8 cm³/mol. The summed E-state index contributed by atoms with van der Waals surface area (Å²) in [5.41, 5.74) is 2.34. The van der Waals surface area contributed by atoms with Gasteiger partial charge >= 0.3 is 0 Å². The third kappa shape index (κ3) is 4.20. The molecular weight excluding hydrogens is 308 g/mol. The van der Waals surface area contributed by atoms with E-state index in [0.717, 1.165) is 23.0 Å². The topological polar surface area (TPSA) is 15.3 Å². The van der Waals surface area contributed by atoms with E-state index in [4.69, 9.17) is 23.8 Å². The number of thiophene rings is 1. The minimum absolute atomic E-state index is 0.707. The molecule has 20 heavy (non-hydrogen) atoms. The summed E-state index contributed by atoms with van der Waals surface area (Å²) >= 11 is 12.9. The number of halogens is 1. The van der Waals surface area contributed by atoms with Gasteiger partial charge in [-0.15, -0.1) is 11.3 Å². The Balaban J connectivity index is 1.93. The molecule has 0 spiro atoms. The highest BCUT2D eigenvalue weighted by atomic mass is 35.5. The summed E-state index contributed by atoms with van der Waals surface area (Å²) in [4.78, 5) is 3.20. The van der Waals surface area contributed by atoms with Crippen LogP contribution >= 0.6 is 35.2 Å². The van der Waals surface area contributed by atoms with Crippen molar-refractivity contribution in [3.05, 3.63) is 51.2 Å². The first-order valence-corrected chi connectivity index (χ1v) is 8.04. The number of aryl methyl sites for hydroxylation is 1. The number of nitrogens with zero attached hydrogens (tertiary/aromatic N) is 1. The van der Waals surface area contributed by atoms with E-state index in [1.165, 1.54) is 10.4 Å². The largest absolute Gasteiger partial charge is 0.347 e. The maximum atomic E-state index is 5.93. The summed E-state index contributed by atoms with van der Waals surface area (Å²) in [6.45, 7) is 2.91. The molecule has 106 valence electrons. The van der Waals surface area contributed by atoms with Crippen LogP contribution in [0, 0.1) is 0 Å². The Labute approximate surface area is 134 Å². The molecule has 0 unspecified atom stereocenters. The van der Waals surface area contributed by atoms with E-state index in [1.807, 2.05) is 24.1 Å². The first-order valence-electron chi connectivity index (χ1n) is 6.43. The zero-order chi connectivity index (χ0) is 14.5. The number of thiocarbonyl (C=S) groups is 1. The average molecular weight is 325 g/mol. The van der Waals surface area contributed by atoms with Crippen LogP contribution in [0.1, 0.15) is 17.4 Å².